The van der Waals surface area contributed by atoms with E-state index in [-0.39, 0.29) is 11.9 Å². The van der Waals surface area contributed by atoms with Crippen LogP contribution in [0.25, 0.3) is 0 Å². The number of carbonyl (C=O) groups excluding carboxylic acids is 1. The van der Waals surface area contributed by atoms with Crippen LogP contribution >= 0.6 is 0 Å². The molecule has 1 amide bonds. The molecule has 1 aromatic rings. The first-order valence-electron chi connectivity index (χ1n) is 6.61. The number of anilines is 1. The van der Waals surface area contributed by atoms with E-state index in [1.807, 2.05) is 12.1 Å². The molecule has 0 bridgehead atoms. The lowest BCUT2D eigenvalue weighted by molar-refractivity contribution is 0.0928. The Morgan fingerprint density at radius 2 is 2.33 bits per heavy atom. The second kappa shape index (κ2) is 5.87. The molecule has 4 nitrogen and oxygen atoms in total. The summed E-state index contributed by atoms with van der Waals surface area (Å²) in [6.45, 7) is 3.14. The van der Waals surface area contributed by atoms with Crippen LogP contribution in [0, 0.1) is 0 Å². The molecule has 2 rings (SSSR count). The van der Waals surface area contributed by atoms with Crippen molar-refractivity contribution in [2.75, 3.05) is 12.3 Å². The molecule has 4 heteroatoms. The van der Waals surface area contributed by atoms with E-state index in [0.717, 1.165) is 19.4 Å². The lowest BCUT2D eigenvalue weighted by atomic mass is 10.0. The number of nitrogen functional groups attached to an aromatic ring is 1. The first-order chi connectivity index (χ1) is 8.72. The minimum absolute atomic E-state index is 0.0753. The Balaban J connectivity index is 2.03. The summed E-state index contributed by atoms with van der Waals surface area (Å²) in [6.07, 6.45) is 3.24. The molecule has 0 aromatic heterocycles. The summed E-state index contributed by atoms with van der Waals surface area (Å²) in [5.41, 5.74) is 6.91. The van der Waals surface area contributed by atoms with Crippen LogP contribution in [0.3, 0.4) is 0 Å². The standard InChI is InChI=1S/C14H21N3O/c1-2-12(13-8-5-9-16-13)17-14(18)10-6-3-4-7-11(10)15/h3-4,6-7,12-13,16H,2,5,8-9,15H2,1H3,(H,17,18). The van der Waals surface area contributed by atoms with E-state index in [9.17, 15) is 4.79 Å². The normalized spacial score (nSPS) is 20.6. The zero-order valence-electron chi connectivity index (χ0n) is 10.8. The fourth-order valence-corrected chi connectivity index (χ4v) is 2.49. The SMILES string of the molecule is CCC(NC(=O)c1ccccc1N)C1CCCN1. The van der Waals surface area contributed by atoms with Gasteiger partial charge in [0.1, 0.15) is 0 Å². The van der Waals surface area contributed by atoms with Gasteiger partial charge in [0, 0.05) is 17.8 Å². The third-order valence-electron chi connectivity index (χ3n) is 3.55. The molecular weight excluding hydrogens is 226 g/mol. The molecule has 2 atom stereocenters. The molecule has 1 fully saturated rings. The lowest BCUT2D eigenvalue weighted by Crippen LogP contribution is -2.47. The quantitative estimate of drug-likeness (QED) is 0.707. The summed E-state index contributed by atoms with van der Waals surface area (Å²) in [5, 5.41) is 6.52. The number of nitrogens with two attached hydrogens (primary N) is 1. The minimum atomic E-state index is -0.0753. The molecular formula is C14H21N3O. The fourth-order valence-electron chi connectivity index (χ4n) is 2.49. The molecule has 1 aromatic carbocycles. The molecule has 1 heterocycles. The van der Waals surface area contributed by atoms with E-state index in [0.29, 0.717) is 17.3 Å². The Labute approximate surface area is 108 Å². The molecule has 0 spiro atoms. The van der Waals surface area contributed by atoms with Crippen molar-refractivity contribution in [1.29, 1.82) is 0 Å². The number of para-hydroxylation sites is 1. The van der Waals surface area contributed by atoms with Gasteiger partial charge in [-0.15, -0.1) is 0 Å². The van der Waals surface area contributed by atoms with Crippen molar-refractivity contribution in [3.05, 3.63) is 29.8 Å². The Bertz CT molecular complexity index is 413. The summed E-state index contributed by atoms with van der Waals surface area (Å²) in [6, 6.07) is 7.76. The van der Waals surface area contributed by atoms with E-state index in [1.54, 1.807) is 12.1 Å². The highest BCUT2D eigenvalue weighted by molar-refractivity contribution is 5.99. The summed E-state index contributed by atoms with van der Waals surface area (Å²) >= 11 is 0. The highest BCUT2D eigenvalue weighted by atomic mass is 16.1. The van der Waals surface area contributed by atoms with Gasteiger partial charge in [0.05, 0.1) is 5.56 Å². The zero-order chi connectivity index (χ0) is 13.0. The second-order valence-electron chi connectivity index (χ2n) is 4.78. The number of hydrogen-bond donors (Lipinski definition) is 3. The van der Waals surface area contributed by atoms with E-state index in [4.69, 9.17) is 5.73 Å². The van der Waals surface area contributed by atoms with Crippen LogP contribution in [0.2, 0.25) is 0 Å². The second-order valence-corrected chi connectivity index (χ2v) is 4.78. The number of nitrogens with one attached hydrogen (secondary N) is 2. The van der Waals surface area contributed by atoms with E-state index in [2.05, 4.69) is 17.6 Å². The molecule has 0 radical (unpaired) electrons. The maximum Gasteiger partial charge on any atom is 0.253 e. The number of amides is 1. The Morgan fingerprint density at radius 1 is 1.56 bits per heavy atom. The summed E-state index contributed by atoms with van der Waals surface area (Å²) in [5.74, 6) is -0.0753. The van der Waals surface area contributed by atoms with Crippen LogP contribution in [0.1, 0.15) is 36.5 Å². The topological polar surface area (TPSA) is 67.2 Å². The first kappa shape index (κ1) is 12.9. The molecule has 1 saturated heterocycles. The predicted molar refractivity (Wildman–Crippen MR) is 73.4 cm³/mol. The van der Waals surface area contributed by atoms with Crippen molar-refractivity contribution in [3.8, 4) is 0 Å². The van der Waals surface area contributed by atoms with Gasteiger partial charge < -0.3 is 16.4 Å². The van der Waals surface area contributed by atoms with Gasteiger partial charge in [-0.2, -0.15) is 0 Å². The van der Waals surface area contributed by atoms with E-state index < -0.39 is 0 Å². The lowest BCUT2D eigenvalue weighted by Gasteiger charge is -2.24. The molecule has 1 aliphatic rings. The van der Waals surface area contributed by atoms with Crippen LogP contribution in [-0.2, 0) is 0 Å². The van der Waals surface area contributed by atoms with Gasteiger partial charge in [0.15, 0.2) is 0 Å². The number of carbonyl (C=O) groups is 1. The van der Waals surface area contributed by atoms with Gasteiger partial charge in [-0.1, -0.05) is 19.1 Å². The van der Waals surface area contributed by atoms with Crippen molar-refractivity contribution >= 4 is 11.6 Å². The number of rotatable bonds is 4. The maximum absolute atomic E-state index is 12.2. The molecule has 0 saturated carbocycles. The largest absolute Gasteiger partial charge is 0.398 e. The zero-order valence-corrected chi connectivity index (χ0v) is 10.8. The number of benzene rings is 1. The number of hydrogen-bond acceptors (Lipinski definition) is 3. The highest BCUT2D eigenvalue weighted by Gasteiger charge is 2.25. The first-order valence-corrected chi connectivity index (χ1v) is 6.61. The monoisotopic (exact) mass is 247 g/mol. The van der Waals surface area contributed by atoms with Gasteiger partial charge in [0.2, 0.25) is 0 Å². The maximum atomic E-state index is 12.2. The van der Waals surface area contributed by atoms with E-state index in [1.165, 1.54) is 6.42 Å². The third kappa shape index (κ3) is 2.82. The molecule has 18 heavy (non-hydrogen) atoms. The molecule has 1 aliphatic heterocycles. The predicted octanol–water partition coefficient (Wildman–Crippen LogP) is 1.53. The van der Waals surface area contributed by atoms with Gasteiger partial charge in [0.25, 0.3) is 5.91 Å². The van der Waals surface area contributed by atoms with E-state index >= 15 is 0 Å². The minimum Gasteiger partial charge on any atom is -0.398 e. The van der Waals surface area contributed by atoms with Crippen molar-refractivity contribution in [2.45, 2.75) is 38.3 Å². The van der Waals surface area contributed by atoms with Crippen LogP contribution in [0.5, 0.6) is 0 Å². The van der Waals surface area contributed by atoms with Crippen LogP contribution in [0.4, 0.5) is 5.69 Å². The highest BCUT2D eigenvalue weighted by Crippen LogP contribution is 2.14. The molecule has 0 aliphatic carbocycles. The average Bonchev–Trinajstić information content (AvgIpc) is 2.90. The van der Waals surface area contributed by atoms with Crippen LogP contribution in [0.15, 0.2) is 24.3 Å². The summed E-state index contributed by atoms with van der Waals surface area (Å²) < 4.78 is 0. The Morgan fingerprint density at radius 3 is 2.94 bits per heavy atom. The summed E-state index contributed by atoms with van der Waals surface area (Å²) in [4.78, 5) is 12.2. The Kier molecular flexibility index (Phi) is 4.20. The molecule has 98 valence electrons. The average molecular weight is 247 g/mol. The smallest absolute Gasteiger partial charge is 0.253 e. The van der Waals surface area contributed by atoms with Crippen LogP contribution in [-0.4, -0.2) is 24.5 Å². The summed E-state index contributed by atoms with van der Waals surface area (Å²) in [7, 11) is 0. The fraction of sp³-hybridized carbons (Fsp3) is 0.500. The van der Waals surface area contributed by atoms with Gasteiger partial charge in [-0.05, 0) is 37.9 Å². The third-order valence-corrected chi connectivity index (χ3v) is 3.55. The Hall–Kier alpha value is -1.55. The van der Waals surface area contributed by atoms with Crippen molar-refractivity contribution < 1.29 is 4.79 Å². The van der Waals surface area contributed by atoms with Crippen molar-refractivity contribution in [2.24, 2.45) is 0 Å². The molecule has 4 N–H and O–H groups in total. The van der Waals surface area contributed by atoms with Crippen molar-refractivity contribution in [3.63, 3.8) is 0 Å². The van der Waals surface area contributed by atoms with Gasteiger partial charge >= 0.3 is 0 Å². The van der Waals surface area contributed by atoms with Crippen LogP contribution < -0.4 is 16.4 Å². The van der Waals surface area contributed by atoms with Gasteiger partial charge in [-0.3, -0.25) is 4.79 Å². The van der Waals surface area contributed by atoms with Crippen molar-refractivity contribution in [1.82, 2.24) is 10.6 Å². The van der Waals surface area contributed by atoms with Gasteiger partial charge in [-0.25, -0.2) is 0 Å². The molecule has 2 unspecified atom stereocenters.